The average Bonchev–Trinajstić information content (AvgIpc) is 2.75. The van der Waals surface area contributed by atoms with Gasteiger partial charge in [-0.05, 0) is 13.0 Å². The number of phenolic OH excluding ortho intramolecular Hbond substituents is 2. The molecule has 2 rings (SSSR count). The summed E-state index contributed by atoms with van der Waals surface area (Å²) in [6, 6.07) is 2.58. The van der Waals surface area contributed by atoms with Gasteiger partial charge in [0.05, 0.1) is 12.7 Å². The maximum Gasteiger partial charge on any atom is 0.332 e. The number of hydrogen-bond acceptors (Lipinski definition) is 6. The van der Waals surface area contributed by atoms with Crippen LogP contribution in [0.25, 0.3) is 0 Å². The van der Waals surface area contributed by atoms with E-state index in [2.05, 4.69) is 4.99 Å². The van der Waals surface area contributed by atoms with Gasteiger partial charge in [0, 0.05) is 11.8 Å². The van der Waals surface area contributed by atoms with Crippen LogP contribution in [-0.2, 0) is 4.79 Å². The van der Waals surface area contributed by atoms with Gasteiger partial charge in [0.15, 0.2) is 17.0 Å². The smallest absolute Gasteiger partial charge is 0.332 e. The summed E-state index contributed by atoms with van der Waals surface area (Å²) in [6.45, 7) is 1.51. The number of phenols is 2. The van der Waals surface area contributed by atoms with Gasteiger partial charge >= 0.3 is 5.97 Å². The first kappa shape index (κ1) is 13.5. The SMILES string of the molecule is COc1cc(O)c(C2=N[C@@](C)(C(=O)O)CS2)cc1O. The standard InChI is InChI=1S/C12H13NO5S/c1-12(11(16)17)5-19-10(13-12)6-3-8(15)9(18-2)4-7(6)14/h3-4,14-15H,5H2,1-2H3,(H,16,17)/t12-/m1/s1. The van der Waals surface area contributed by atoms with Crippen LogP contribution in [-0.4, -0.2) is 44.7 Å². The highest BCUT2D eigenvalue weighted by Crippen LogP contribution is 2.39. The number of benzene rings is 1. The Labute approximate surface area is 113 Å². The monoisotopic (exact) mass is 283 g/mol. The fraction of sp³-hybridized carbons (Fsp3) is 0.333. The summed E-state index contributed by atoms with van der Waals surface area (Å²) in [6.07, 6.45) is 0. The molecule has 1 atom stereocenters. The second kappa shape index (κ2) is 4.65. The molecule has 0 radical (unpaired) electrons. The zero-order valence-electron chi connectivity index (χ0n) is 10.4. The Balaban J connectivity index is 2.44. The number of carbonyl (C=O) groups is 1. The molecule has 0 aliphatic carbocycles. The Kier molecular flexibility index (Phi) is 3.32. The summed E-state index contributed by atoms with van der Waals surface area (Å²) in [5.74, 6) is -0.847. The van der Waals surface area contributed by atoms with Crippen molar-refractivity contribution < 1.29 is 24.9 Å². The van der Waals surface area contributed by atoms with Gasteiger partial charge in [-0.25, -0.2) is 4.79 Å². The van der Waals surface area contributed by atoms with Crippen LogP contribution in [0, 0.1) is 0 Å². The molecule has 0 spiro atoms. The highest BCUT2D eigenvalue weighted by atomic mass is 32.2. The van der Waals surface area contributed by atoms with Gasteiger partial charge in [-0.15, -0.1) is 11.8 Å². The summed E-state index contributed by atoms with van der Waals surface area (Å²) in [7, 11) is 1.37. The number of hydrogen-bond donors (Lipinski definition) is 3. The lowest BCUT2D eigenvalue weighted by molar-refractivity contribution is -0.141. The minimum atomic E-state index is -1.21. The molecule has 1 heterocycles. The van der Waals surface area contributed by atoms with Crippen molar-refractivity contribution in [2.45, 2.75) is 12.5 Å². The Morgan fingerprint density at radius 1 is 1.42 bits per heavy atom. The third-order valence-electron chi connectivity index (χ3n) is 2.83. The lowest BCUT2D eigenvalue weighted by Crippen LogP contribution is -2.33. The molecule has 0 bridgehead atoms. The quantitative estimate of drug-likeness (QED) is 0.726. The highest BCUT2D eigenvalue weighted by Gasteiger charge is 2.39. The van der Waals surface area contributed by atoms with Crippen LogP contribution in [0.1, 0.15) is 12.5 Å². The number of methoxy groups -OCH3 is 1. The number of rotatable bonds is 3. The molecule has 1 aromatic rings. The maximum atomic E-state index is 11.1. The molecule has 0 saturated heterocycles. The summed E-state index contributed by atoms with van der Waals surface area (Å²) >= 11 is 1.22. The molecule has 3 N–H and O–H groups in total. The van der Waals surface area contributed by atoms with Crippen molar-refractivity contribution in [1.29, 1.82) is 0 Å². The van der Waals surface area contributed by atoms with Gasteiger partial charge in [0.1, 0.15) is 10.8 Å². The van der Waals surface area contributed by atoms with Crippen LogP contribution in [0.15, 0.2) is 17.1 Å². The molecule has 0 aromatic heterocycles. The van der Waals surface area contributed by atoms with Crippen LogP contribution in [0.4, 0.5) is 0 Å². The normalized spacial score (nSPS) is 22.1. The molecular formula is C12H13NO5S. The number of carboxylic acids is 1. The lowest BCUT2D eigenvalue weighted by Gasteiger charge is -2.11. The third-order valence-corrected chi connectivity index (χ3v) is 4.12. The maximum absolute atomic E-state index is 11.1. The van der Waals surface area contributed by atoms with E-state index in [1.54, 1.807) is 0 Å². The fourth-order valence-corrected chi connectivity index (χ4v) is 2.83. The number of aromatic hydroxyl groups is 2. The Morgan fingerprint density at radius 3 is 2.63 bits per heavy atom. The third kappa shape index (κ3) is 2.33. The summed E-state index contributed by atoms with van der Waals surface area (Å²) in [5, 5.41) is 29.1. The molecule has 7 heteroatoms. The van der Waals surface area contributed by atoms with Gasteiger partial charge in [0.2, 0.25) is 0 Å². The van der Waals surface area contributed by atoms with Gasteiger partial charge < -0.3 is 20.1 Å². The molecule has 6 nitrogen and oxygen atoms in total. The minimum absolute atomic E-state index is 0.115. The molecule has 102 valence electrons. The number of thioether (sulfide) groups is 1. The predicted molar refractivity (Wildman–Crippen MR) is 71.4 cm³/mol. The summed E-state index contributed by atoms with van der Waals surface area (Å²) < 4.78 is 4.87. The van der Waals surface area contributed by atoms with Crippen molar-refractivity contribution in [1.82, 2.24) is 0 Å². The van der Waals surface area contributed by atoms with Crippen LogP contribution in [0.3, 0.4) is 0 Å². The first-order valence-corrected chi connectivity index (χ1v) is 6.42. The Bertz CT molecular complexity index is 571. The number of aliphatic imine (C=N–C) groups is 1. The topological polar surface area (TPSA) is 99.4 Å². The number of aliphatic carboxylic acids is 1. The van der Waals surface area contributed by atoms with Crippen LogP contribution in [0.5, 0.6) is 17.2 Å². The number of nitrogens with zero attached hydrogens (tertiary/aromatic N) is 1. The fourth-order valence-electron chi connectivity index (χ4n) is 1.64. The molecule has 19 heavy (non-hydrogen) atoms. The molecule has 0 amide bonds. The zero-order chi connectivity index (χ0) is 14.2. The van der Waals surface area contributed by atoms with Gasteiger partial charge in [0.25, 0.3) is 0 Å². The van der Waals surface area contributed by atoms with Gasteiger partial charge in [-0.3, -0.25) is 4.99 Å². The van der Waals surface area contributed by atoms with E-state index in [1.165, 1.54) is 37.9 Å². The molecule has 0 saturated carbocycles. The van der Waals surface area contributed by atoms with Crippen molar-refractivity contribution in [2.24, 2.45) is 4.99 Å². The average molecular weight is 283 g/mol. The molecule has 1 aliphatic rings. The van der Waals surface area contributed by atoms with E-state index in [1.807, 2.05) is 0 Å². The first-order chi connectivity index (χ1) is 8.87. The van der Waals surface area contributed by atoms with Crippen LogP contribution < -0.4 is 4.74 Å². The Hall–Kier alpha value is -1.89. The number of carboxylic acid groups (broad SMARTS) is 1. The Morgan fingerprint density at radius 2 is 2.11 bits per heavy atom. The van der Waals surface area contributed by atoms with E-state index in [0.29, 0.717) is 10.6 Å². The zero-order valence-corrected chi connectivity index (χ0v) is 11.2. The molecule has 0 fully saturated rings. The van der Waals surface area contributed by atoms with Gasteiger partial charge in [-0.1, -0.05) is 0 Å². The van der Waals surface area contributed by atoms with E-state index < -0.39 is 11.5 Å². The molecule has 1 aromatic carbocycles. The first-order valence-electron chi connectivity index (χ1n) is 5.44. The summed E-state index contributed by atoms with van der Waals surface area (Å²) in [5.41, 5.74) is -0.907. The summed E-state index contributed by atoms with van der Waals surface area (Å²) in [4.78, 5) is 15.2. The van der Waals surface area contributed by atoms with Crippen molar-refractivity contribution in [2.75, 3.05) is 12.9 Å². The van der Waals surface area contributed by atoms with Gasteiger partial charge in [-0.2, -0.15) is 0 Å². The van der Waals surface area contributed by atoms with E-state index in [0.717, 1.165) is 0 Å². The van der Waals surface area contributed by atoms with E-state index in [-0.39, 0.29) is 23.0 Å². The molecule has 0 unspecified atom stereocenters. The molecular weight excluding hydrogens is 270 g/mol. The van der Waals surface area contributed by atoms with Crippen LogP contribution in [0.2, 0.25) is 0 Å². The van der Waals surface area contributed by atoms with E-state index in [4.69, 9.17) is 9.84 Å². The number of ether oxygens (including phenoxy) is 1. The van der Waals surface area contributed by atoms with Crippen molar-refractivity contribution in [3.63, 3.8) is 0 Å². The van der Waals surface area contributed by atoms with Crippen LogP contribution >= 0.6 is 11.8 Å². The second-order valence-electron chi connectivity index (χ2n) is 4.33. The highest BCUT2D eigenvalue weighted by molar-refractivity contribution is 8.14. The van der Waals surface area contributed by atoms with E-state index >= 15 is 0 Å². The molecule has 1 aliphatic heterocycles. The lowest BCUT2D eigenvalue weighted by atomic mass is 10.1. The minimum Gasteiger partial charge on any atom is -0.507 e. The van der Waals surface area contributed by atoms with Crippen molar-refractivity contribution in [3.8, 4) is 17.2 Å². The predicted octanol–water partition coefficient (Wildman–Crippen LogP) is 1.44. The van der Waals surface area contributed by atoms with Crippen molar-refractivity contribution >= 4 is 22.8 Å². The van der Waals surface area contributed by atoms with Crippen molar-refractivity contribution in [3.05, 3.63) is 17.7 Å². The largest absolute Gasteiger partial charge is 0.507 e. The van der Waals surface area contributed by atoms with E-state index in [9.17, 15) is 15.0 Å². The second-order valence-corrected chi connectivity index (χ2v) is 5.29.